The fraction of sp³-hybridized carbons (Fsp3) is 0.500. The lowest BCUT2D eigenvalue weighted by Crippen LogP contribution is -2.40. The first-order chi connectivity index (χ1) is 11.8. The highest BCUT2D eigenvalue weighted by Gasteiger charge is 2.30. The third-order valence-electron chi connectivity index (χ3n) is 4.19. The van der Waals surface area contributed by atoms with E-state index in [1.54, 1.807) is 4.68 Å². The van der Waals surface area contributed by atoms with Crippen molar-refractivity contribution in [3.8, 4) is 5.69 Å². The molecule has 1 aliphatic rings. The lowest BCUT2D eigenvalue weighted by atomic mass is 10.2. The maximum Gasteiger partial charge on any atom is 0.241 e. The molecule has 3 rings (SSSR count). The molecule has 1 N–H and O–H groups in total. The largest absolute Gasteiger partial charge is 0.325 e. The fourth-order valence-corrected chi connectivity index (χ4v) is 3.45. The normalized spacial score (nSPS) is 18.0. The van der Waals surface area contributed by atoms with Crippen LogP contribution in [0, 0.1) is 0 Å². The number of amides is 1. The molecule has 8 heteroatoms. The topological polar surface area (TPSA) is 75.9 Å². The minimum atomic E-state index is -0.0245. The number of thioether (sulfide) groups is 1. The van der Waals surface area contributed by atoms with Crippen LogP contribution in [-0.2, 0) is 4.79 Å². The van der Waals surface area contributed by atoms with Crippen LogP contribution in [-0.4, -0.2) is 62.2 Å². The number of tetrazole rings is 1. The summed E-state index contributed by atoms with van der Waals surface area (Å²) in [6.45, 7) is 2.00. The molecule has 2 heterocycles. The van der Waals surface area contributed by atoms with Gasteiger partial charge in [-0.05, 0) is 73.0 Å². The number of rotatable bonds is 7. The van der Waals surface area contributed by atoms with Crippen molar-refractivity contribution in [3.63, 3.8) is 0 Å². The Morgan fingerprint density at radius 2 is 2.38 bits per heavy atom. The minimum Gasteiger partial charge on any atom is -0.325 e. The summed E-state index contributed by atoms with van der Waals surface area (Å²) in [6.07, 6.45) is 6.79. The van der Waals surface area contributed by atoms with Crippen molar-refractivity contribution < 1.29 is 4.79 Å². The highest BCUT2D eigenvalue weighted by Crippen LogP contribution is 2.20. The Hall–Kier alpha value is -1.93. The molecule has 1 aliphatic heterocycles. The predicted molar refractivity (Wildman–Crippen MR) is 95.4 cm³/mol. The van der Waals surface area contributed by atoms with Crippen molar-refractivity contribution >= 4 is 23.4 Å². The van der Waals surface area contributed by atoms with Crippen molar-refractivity contribution in [1.29, 1.82) is 0 Å². The van der Waals surface area contributed by atoms with E-state index in [0.29, 0.717) is 0 Å². The number of hydrogen-bond donors (Lipinski definition) is 1. The van der Waals surface area contributed by atoms with E-state index < -0.39 is 0 Å². The van der Waals surface area contributed by atoms with Crippen molar-refractivity contribution in [2.24, 2.45) is 0 Å². The first-order valence-corrected chi connectivity index (χ1v) is 9.54. The summed E-state index contributed by atoms with van der Waals surface area (Å²) < 4.78 is 1.57. The number of carbonyl (C=O) groups excluding carboxylic acids is 1. The van der Waals surface area contributed by atoms with Gasteiger partial charge in [0.1, 0.15) is 6.33 Å². The average molecular weight is 346 g/mol. The Kier molecular flexibility index (Phi) is 5.81. The molecule has 7 nitrogen and oxygen atoms in total. The van der Waals surface area contributed by atoms with Gasteiger partial charge in [-0.2, -0.15) is 11.8 Å². The van der Waals surface area contributed by atoms with Crippen LogP contribution in [0.15, 0.2) is 30.6 Å². The van der Waals surface area contributed by atoms with Crippen LogP contribution in [0.3, 0.4) is 0 Å². The molecule has 24 heavy (non-hydrogen) atoms. The number of aromatic nitrogens is 4. The van der Waals surface area contributed by atoms with Gasteiger partial charge < -0.3 is 5.32 Å². The molecule has 0 bridgehead atoms. The Morgan fingerprint density at radius 3 is 3.17 bits per heavy atom. The molecular formula is C16H22N6OS. The van der Waals surface area contributed by atoms with Crippen LogP contribution in [0.25, 0.3) is 5.69 Å². The van der Waals surface area contributed by atoms with Crippen molar-refractivity contribution in [3.05, 3.63) is 30.6 Å². The van der Waals surface area contributed by atoms with Crippen molar-refractivity contribution in [2.75, 3.05) is 30.4 Å². The van der Waals surface area contributed by atoms with E-state index in [1.165, 1.54) is 6.33 Å². The smallest absolute Gasteiger partial charge is 0.241 e. The molecule has 1 fully saturated rings. The number of nitrogens with zero attached hydrogens (tertiary/aromatic N) is 5. The van der Waals surface area contributed by atoms with Crippen LogP contribution in [0.4, 0.5) is 5.69 Å². The monoisotopic (exact) mass is 346 g/mol. The van der Waals surface area contributed by atoms with Gasteiger partial charge >= 0.3 is 0 Å². The van der Waals surface area contributed by atoms with Gasteiger partial charge in [-0.1, -0.05) is 6.07 Å². The summed E-state index contributed by atoms with van der Waals surface area (Å²) >= 11 is 1.85. The maximum atomic E-state index is 12.7. The molecule has 1 atom stereocenters. The lowest BCUT2D eigenvalue weighted by Gasteiger charge is -2.23. The zero-order valence-corrected chi connectivity index (χ0v) is 14.6. The summed E-state index contributed by atoms with van der Waals surface area (Å²) in [6, 6.07) is 7.52. The van der Waals surface area contributed by atoms with Crippen LogP contribution in [0.1, 0.15) is 19.3 Å². The fourth-order valence-electron chi connectivity index (χ4n) is 3.03. The third-order valence-corrected chi connectivity index (χ3v) is 4.88. The van der Waals surface area contributed by atoms with Gasteiger partial charge in [0.25, 0.3) is 0 Å². The number of likely N-dealkylation sites (tertiary alicyclic amines) is 1. The van der Waals surface area contributed by atoms with Gasteiger partial charge in [-0.3, -0.25) is 9.69 Å². The number of benzene rings is 1. The van der Waals surface area contributed by atoms with E-state index in [9.17, 15) is 4.79 Å². The van der Waals surface area contributed by atoms with Gasteiger partial charge in [0.2, 0.25) is 5.91 Å². The third kappa shape index (κ3) is 4.12. The number of hydrogen-bond acceptors (Lipinski definition) is 6. The molecule has 0 saturated carbocycles. The molecule has 0 unspecified atom stereocenters. The Bertz CT molecular complexity index is 662. The van der Waals surface area contributed by atoms with E-state index >= 15 is 0 Å². The summed E-state index contributed by atoms with van der Waals surface area (Å²) in [7, 11) is 0. The zero-order chi connectivity index (χ0) is 16.8. The molecular weight excluding hydrogens is 324 g/mol. The summed E-state index contributed by atoms with van der Waals surface area (Å²) in [5.74, 6) is 1.21. The van der Waals surface area contributed by atoms with E-state index in [0.717, 1.165) is 49.5 Å². The second-order valence-electron chi connectivity index (χ2n) is 5.83. The predicted octanol–water partition coefficient (Wildman–Crippen LogP) is 1.82. The van der Waals surface area contributed by atoms with Gasteiger partial charge in [-0.25, -0.2) is 4.68 Å². The lowest BCUT2D eigenvalue weighted by molar-refractivity contribution is -0.120. The summed E-state index contributed by atoms with van der Waals surface area (Å²) in [5.41, 5.74) is 1.59. The highest BCUT2D eigenvalue weighted by atomic mass is 32.2. The second kappa shape index (κ2) is 8.25. The SMILES string of the molecule is CSCCCN1CCC[C@@H]1C(=O)Nc1cccc(-n2cnnn2)c1. The molecule has 0 radical (unpaired) electrons. The molecule has 0 aliphatic carbocycles. The number of anilines is 1. The van der Waals surface area contributed by atoms with Crippen LogP contribution < -0.4 is 5.32 Å². The van der Waals surface area contributed by atoms with Crippen molar-refractivity contribution in [2.45, 2.75) is 25.3 Å². The zero-order valence-electron chi connectivity index (χ0n) is 13.8. The minimum absolute atomic E-state index is 0.0245. The Morgan fingerprint density at radius 1 is 1.46 bits per heavy atom. The molecule has 1 aromatic heterocycles. The second-order valence-corrected chi connectivity index (χ2v) is 6.82. The van der Waals surface area contributed by atoms with Crippen LogP contribution in [0.2, 0.25) is 0 Å². The first-order valence-electron chi connectivity index (χ1n) is 8.15. The number of nitrogens with one attached hydrogen (secondary N) is 1. The Balaban J connectivity index is 1.63. The molecule has 2 aromatic rings. The van der Waals surface area contributed by atoms with Crippen molar-refractivity contribution in [1.82, 2.24) is 25.1 Å². The molecule has 128 valence electrons. The molecule has 1 amide bonds. The summed E-state index contributed by atoms with van der Waals surface area (Å²) in [5, 5.41) is 14.2. The standard InChI is InChI=1S/C16H22N6OS/c1-24-10-4-9-21-8-3-7-15(21)16(23)18-13-5-2-6-14(11-13)22-12-17-19-20-22/h2,5-6,11-12,15H,3-4,7-10H2,1H3,(H,18,23)/t15-/m1/s1. The average Bonchev–Trinajstić information content (AvgIpc) is 3.27. The van der Waals surface area contributed by atoms with Crippen LogP contribution >= 0.6 is 11.8 Å². The highest BCUT2D eigenvalue weighted by molar-refractivity contribution is 7.98. The van der Waals surface area contributed by atoms with E-state index in [4.69, 9.17) is 0 Å². The Labute approximate surface area is 145 Å². The molecule has 0 spiro atoms. The van der Waals surface area contributed by atoms with E-state index in [2.05, 4.69) is 32.0 Å². The van der Waals surface area contributed by atoms with Gasteiger partial charge in [0.15, 0.2) is 0 Å². The van der Waals surface area contributed by atoms with E-state index in [-0.39, 0.29) is 11.9 Å². The quantitative estimate of drug-likeness (QED) is 0.771. The maximum absolute atomic E-state index is 12.7. The molecule has 1 aromatic carbocycles. The van der Waals surface area contributed by atoms with Gasteiger partial charge in [0.05, 0.1) is 11.7 Å². The van der Waals surface area contributed by atoms with Gasteiger partial charge in [-0.15, -0.1) is 5.10 Å². The van der Waals surface area contributed by atoms with E-state index in [1.807, 2.05) is 36.0 Å². The summed E-state index contributed by atoms with van der Waals surface area (Å²) in [4.78, 5) is 15.0. The van der Waals surface area contributed by atoms with Crippen LogP contribution in [0.5, 0.6) is 0 Å². The first kappa shape index (κ1) is 16.9. The van der Waals surface area contributed by atoms with Gasteiger partial charge in [0, 0.05) is 5.69 Å². The number of carbonyl (C=O) groups is 1. The molecule has 1 saturated heterocycles.